The molecule has 21 heavy (non-hydrogen) atoms. The molecule has 4 heteroatoms. The van der Waals surface area contributed by atoms with E-state index in [2.05, 4.69) is 45.0 Å². The molecular formula is C17H20BrN3. The van der Waals surface area contributed by atoms with Gasteiger partial charge in [0.15, 0.2) is 5.82 Å². The molecule has 1 aromatic heterocycles. The average Bonchev–Trinajstić information content (AvgIpc) is 2.44. The summed E-state index contributed by atoms with van der Waals surface area (Å²) >= 11 is 3.46. The minimum Gasteiger partial charge on any atom is -0.402 e. The summed E-state index contributed by atoms with van der Waals surface area (Å²) in [5.74, 6) is 0.745. The first kappa shape index (κ1) is 15.7. The number of benzene rings is 1. The molecule has 0 saturated carbocycles. The molecule has 0 radical (unpaired) electrons. The normalized spacial score (nSPS) is 12.2. The van der Waals surface area contributed by atoms with Crippen molar-refractivity contribution in [2.45, 2.75) is 33.6 Å². The van der Waals surface area contributed by atoms with Gasteiger partial charge in [0.1, 0.15) is 0 Å². The van der Waals surface area contributed by atoms with Crippen LogP contribution in [0.15, 0.2) is 40.5 Å². The number of rotatable bonds is 4. The molecule has 2 N–H and O–H groups in total. The Kier molecular flexibility index (Phi) is 5.12. The van der Waals surface area contributed by atoms with Crippen LogP contribution < -0.4 is 5.73 Å². The summed E-state index contributed by atoms with van der Waals surface area (Å²) in [6.07, 6.45) is 1.54. The van der Waals surface area contributed by atoms with E-state index in [0.717, 1.165) is 45.8 Å². The Hall–Kier alpha value is -1.68. The molecule has 0 unspecified atom stereocenters. The van der Waals surface area contributed by atoms with Crippen LogP contribution in [0.3, 0.4) is 0 Å². The van der Waals surface area contributed by atoms with Crippen LogP contribution in [0.2, 0.25) is 0 Å². The Morgan fingerprint density at radius 1 is 1.10 bits per heavy atom. The number of allylic oxidation sites excluding steroid dienone is 2. The number of halogens is 1. The van der Waals surface area contributed by atoms with Gasteiger partial charge in [-0.05, 0) is 44.0 Å². The first-order chi connectivity index (χ1) is 9.99. The Balaban J connectivity index is 2.42. The average molecular weight is 346 g/mol. The number of nitrogens with two attached hydrogens (primary N) is 1. The highest BCUT2D eigenvalue weighted by Gasteiger charge is 2.11. The van der Waals surface area contributed by atoms with E-state index in [0.29, 0.717) is 0 Å². The number of aromatic nitrogens is 2. The Morgan fingerprint density at radius 3 is 2.19 bits per heavy atom. The van der Waals surface area contributed by atoms with Gasteiger partial charge in [-0.15, -0.1) is 0 Å². The molecule has 0 aliphatic rings. The van der Waals surface area contributed by atoms with Crippen molar-refractivity contribution < 1.29 is 0 Å². The van der Waals surface area contributed by atoms with E-state index in [1.165, 1.54) is 5.56 Å². The van der Waals surface area contributed by atoms with E-state index in [-0.39, 0.29) is 0 Å². The van der Waals surface area contributed by atoms with Crippen molar-refractivity contribution in [2.24, 2.45) is 5.73 Å². The van der Waals surface area contributed by atoms with E-state index >= 15 is 0 Å². The highest BCUT2D eigenvalue weighted by atomic mass is 79.9. The van der Waals surface area contributed by atoms with Crippen molar-refractivity contribution in [1.82, 2.24) is 9.97 Å². The molecule has 110 valence electrons. The van der Waals surface area contributed by atoms with Gasteiger partial charge >= 0.3 is 0 Å². The summed E-state index contributed by atoms with van der Waals surface area (Å²) in [6.45, 7) is 6.02. The van der Waals surface area contributed by atoms with Gasteiger partial charge in [0, 0.05) is 33.6 Å². The SMILES string of the molecule is CC/C(N)=C(\Cc1ccc(Br)cc1)c1nc(C)cc(C)n1. The monoisotopic (exact) mass is 345 g/mol. The van der Waals surface area contributed by atoms with Crippen molar-refractivity contribution in [3.8, 4) is 0 Å². The zero-order chi connectivity index (χ0) is 15.4. The van der Waals surface area contributed by atoms with Crippen LogP contribution in [-0.4, -0.2) is 9.97 Å². The molecule has 0 bridgehead atoms. The third-order valence-corrected chi connectivity index (χ3v) is 3.84. The van der Waals surface area contributed by atoms with Gasteiger partial charge in [0.25, 0.3) is 0 Å². The number of hydrogen-bond donors (Lipinski definition) is 1. The van der Waals surface area contributed by atoms with E-state index in [1.54, 1.807) is 0 Å². The predicted molar refractivity (Wildman–Crippen MR) is 90.8 cm³/mol. The lowest BCUT2D eigenvalue weighted by Crippen LogP contribution is -2.08. The van der Waals surface area contributed by atoms with Crippen LogP contribution in [0, 0.1) is 13.8 Å². The van der Waals surface area contributed by atoms with Gasteiger partial charge in [0.05, 0.1) is 0 Å². The molecular weight excluding hydrogens is 326 g/mol. The quantitative estimate of drug-likeness (QED) is 0.904. The van der Waals surface area contributed by atoms with Crippen LogP contribution in [0.1, 0.15) is 36.1 Å². The standard InChI is InChI=1S/C17H20BrN3/c1-4-16(19)15(10-13-5-7-14(18)8-6-13)17-20-11(2)9-12(3)21-17/h5-9H,4,10,19H2,1-3H3/b16-15-. The fourth-order valence-corrected chi connectivity index (χ4v) is 2.48. The van der Waals surface area contributed by atoms with E-state index in [9.17, 15) is 0 Å². The zero-order valence-corrected chi connectivity index (χ0v) is 14.2. The summed E-state index contributed by atoms with van der Waals surface area (Å²) in [5.41, 5.74) is 11.2. The number of aryl methyl sites for hydroxylation is 2. The van der Waals surface area contributed by atoms with Gasteiger partial charge < -0.3 is 5.73 Å². The third-order valence-electron chi connectivity index (χ3n) is 3.31. The largest absolute Gasteiger partial charge is 0.402 e. The van der Waals surface area contributed by atoms with Gasteiger partial charge in [-0.2, -0.15) is 0 Å². The highest BCUT2D eigenvalue weighted by Crippen LogP contribution is 2.22. The first-order valence-electron chi connectivity index (χ1n) is 7.04. The minimum atomic E-state index is 0.745. The predicted octanol–water partition coefficient (Wildman–Crippen LogP) is 4.18. The molecule has 0 saturated heterocycles. The van der Waals surface area contributed by atoms with Crippen molar-refractivity contribution in [1.29, 1.82) is 0 Å². The summed E-state index contributed by atoms with van der Waals surface area (Å²) in [4.78, 5) is 9.12. The van der Waals surface area contributed by atoms with Crippen molar-refractivity contribution in [2.75, 3.05) is 0 Å². The molecule has 0 amide bonds. The van der Waals surface area contributed by atoms with Crippen LogP contribution in [0.4, 0.5) is 0 Å². The second-order valence-corrected chi connectivity index (χ2v) is 6.05. The lowest BCUT2D eigenvalue weighted by Gasteiger charge is -2.12. The van der Waals surface area contributed by atoms with Gasteiger partial charge in [-0.1, -0.05) is 35.0 Å². The third kappa shape index (κ3) is 4.14. The summed E-state index contributed by atoms with van der Waals surface area (Å²) in [7, 11) is 0. The molecule has 0 aliphatic heterocycles. The zero-order valence-electron chi connectivity index (χ0n) is 12.7. The number of nitrogens with zero attached hydrogens (tertiary/aromatic N) is 2. The Morgan fingerprint density at radius 2 is 1.67 bits per heavy atom. The molecule has 3 nitrogen and oxygen atoms in total. The van der Waals surface area contributed by atoms with Crippen LogP contribution in [-0.2, 0) is 6.42 Å². The molecule has 2 rings (SSSR count). The molecule has 1 heterocycles. The summed E-state index contributed by atoms with van der Waals surface area (Å²) in [5, 5.41) is 0. The van der Waals surface area contributed by atoms with Gasteiger partial charge in [-0.3, -0.25) is 0 Å². The molecule has 0 atom stereocenters. The van der Waals surface area contributed by atoms with Gasteiger partial charge in [0.2, 0.25) is 0 Å². The topological polar surface area (TPSA) is 51.8 Å². The Bertz CT molecular complexity index is 640. The maximum absolute atomic E-state index is 6.22. The summed E-state index contributed by atoms with van der Waals surface area (Å²) < 4.78 is 1.07. The second-order valence-electron chi connectivity index (χ2n) is 5.13. The number of hydrogen-bond acceptors (Lipinski definition) is 3. The maximum Gasteiger partial charge on any atom is 0.157 e. The smallest absolute Gasteiger partial charge is 0.157 e. The molecule has 0 fully saturated rings. The van der Waals surface area contributed by atoms with E-state index < -0.39 is 0 Å². The molecule has 0 spiro atoms. The van der Waals surface area contributed by atoms with E-state index in [1.807, 2.05) is 32.0 Å². The van der Waals surface area contributed by atoms with E-state index in [4.69, 9.17) is 5.73 Å². The lowest BCUT2D eigenvalue weighted by molar-refractivity contribution is 0.976. The summed E-state index contributed by atoms with van der Waals surface area (Å²) in [6, 6.07) is 10.2. The molecule has 2 aromatic rings. The van der Waals surface area contributed by atoms with Crippen molar-refractivity contribution >= 4 is 21.5 Å². The maximum atomic E-state index is 6.22. The molecule has 0 aliphatic carbocycles. The van der Waals surface area contributed by atoms with Crippen molar-refractivity contribution in [3.05, 3.63) is 63.3 Å². The fourth-order valence-electron chi connectivity index (χ4n) is 2.22. The fraction of sp³-hybridized carbons (Fsp3) is 0.294. The van der Waals surface area contributed by atoms with Crippen LogP contribution in [0.5, 0.6) is 0 Å². The van der Waals surface area contributed by atoms with Gasteiger partial charge in [-0.25, -0.2) is 9.97 Å². The minimum absolute atomic E-state index is 0.745. The lowest BCUT2D eigenvalue weighted by atomic mass is 10.0. The van der Waals surface area contributed by atoms with Crippen LogP contribution in [0.25, 0.3) is 5.57 Å². The second kappa shape index (κ2) is 6.85. The first-order valence-corrected chi connectivity index (χ1v) is 7.83. The highest BCUT2D eigenvalue weighted by molar-refractivity contribution is 9.10. The van der Waals surface area contributed by atoms with Crippen molar-refractivity contribution in [3.63, 3.8) is 0 Å². The Labute approximate surface area is 134 Å². The van der Waals surface area contributed by atoms with Crippen LogP contribution >= 0.6 is 15.9 Å². The molecule has 1 aromatic carbocycles.